The minimum atomic E-state index is -0.474. The molecular weight excluding hydrogens is 465 g/mol. The average molecular weight is 496 g/mol. The van der Waals surface area contributed by atoms with Crippen LogP contribution in [0, 0.1) is 5.82 Å². The minimum absolute atomic E-state index is 0.0157. The summed E-state index contributed by atoms with van der Waals surface area (Å²) in [6.45, 7) is 7.89. The molecule has 0 spiro atoms. The third-order valence-electron chi connectivity index (χ3n) is 6.08. The molecule has 7 nitrogen and oxygen atoms in total. The lowest BCUT2D eigenvalue weighted by atomic mass is 9.93. The van der Waals surface area contributed by atoms with Gasteiger partial charge >= 0.3 is 6.03 Å². The maximum atomic E-state index is 13.6. The lowest BCUT2D eigenvalue weighted by molar-refractivity contribution is -0.127. The summed E-state index contributed by atoms with van der Waals surface area (Å²) in [7, 11) is 0. The van der Waals surface area contributed by atoms with Gasteiger partial charge < -0.3 is 20.4 Å². The number of benzene rings is 2. The summed E-state index contributed by atoms with van der Waals surface area (Å²) in [6, 6.07) is 12.5. The second kappa shape index (κ2) is 10.9. The van der Waals surface area contributed by atoms with Crippen LogP contribution in [0.1, 0.15) is 38.8 Å². The summed E-state index contributed by atoms with van der Waals surface area (Å²) in [5, 5.41) is 6.40. The molecule has 2 aromatic carbocycles. The molecule has 2 aliphatic rings. The number of thioether (sulfide) groups is 1. The molecule has 3 amide bonds. The number of urea groups is 1. The predicted molar refractivity (Wildman–Crippen MR) is 140 cm³/mol. The van der Waals surface area contributed by atoms with Gasteiger partial charge in [-0.15, -0.1) is 0 Å². The Morgan fingerprint density at radius 3 is 2.49 bits per heavy atom. The number of anilines is 2. The summed E-state index contributed by atoms with van der Waals surface area (Å²) >= 11 is 1.71. The van der Waals surface area contributed by atoms with Crippen molar-refractivity contribution in [2.24, 2.45) is 4.99 Å². The fourth-order valence-electron chi connectivity index (χ4n) is 4.42. The van der Waals surface area contributed by atoms with Crippen molar-refractivity contribution in [3.63, 3.8) is 0 Å². The molecule has 0 bridgehead atoms. The molecule has 0 aliphatic carbocycles. The van der Waals surface area contributed by atoms with Crippen LogP contribution < -0.4 is 10.6 Å². The van der Waals surface area contributed by atoms with Crippen molar-refractivity contribution in [2.45, 2.75) is 33.2 Å². The number of rotatable bonds is 6. The molecule has 2 aromatic rings. The SMILES string of the molecule is CCN(CC)C(=O)C1=C(C)N=C2SCCCN2C1c1cccc(NC(=O)Nc2cccc(F)c2)c1. The molecule has 184 valence electrons. The molecular formula is C26H30FN5O2S. The number of nitrogens with zero attached hydrogens (tertiary/aromatic N) is 3. The predicted octanol–water partition coefficient (Wildman–Crippen LogP) is 5.46. The fourth-order valence-corrected chi connectivity index (χ4v) is 5.44. The van der Waals surface area contributed by atoms with E-state index in [1.54, 1.807) is 23.9 Å². The van der Waals surface area contributed by atoms with Crippen LogP contribution in [-0.4, -0.2) is 52.3 Å². The number of hydrogen-bond acceptors (Lipinski definition) is 5. The molecule has 2 aliphatic heterocycles. The standard InChI is InChI=1S/C26H30FN5O2S/c1-4-31(5-2)24(33)22-17(3)28-26-32(13-8-14-35-26)23(22)18-9-6-11-20(15-18)29-25(34)30-21-12-7-10-19(27)16-21/h6-7,9-12,15-16,23H,4-5,8,13-14H2,1-3H3,(H2,29,30,34). The fraction of sp³-hybridized carbons (Fsp3) is 0.346. The molecule has 1 unspecified atom stereocenters. The van der Waals surface area contributed by atoms with Crippen LogP contribution in [0.2, 0.25) is 0 Å². The van der Waals surface area contributed by atoms with Crippen molar-refractivity contribution in [3.05, 3.63) is 71.2 Å². The van der Waals surface area contributed by atoms with Crippen molar-refractivity contribution in [1.29, 1.82) is 0 Å². The highest BCUT2D eigenvalue weighted by Gasteiger charge is 2.38. The Morgan fingerprint density at radius 1 is 1.11 bits per heavy atom. The van der Waals surface area contributed by atoms with Gasteiger partial charge in [0.05, 0.1) is 17.3 Å². The molecule has 0 radical (unpaired) electrons. The van der Waals surface area contributed by atoms with E-state index in [4.69, 9.17) is 4.99 Å². The van der Waals surface area contributed by atoms with Crippen LogP contribution in [0.5, 0.6) is 0 Å². The second-order valence-corrected chi connectivity index (χ2v) is 9.45. The number of carbonyl (C=O) groups is 2. The van der Waals surface area contributed by atoms with E-state index in [0.29, 0.717) is 30.0 Å². The Kier molecular flexibility index (Phi) is 7.75. The number of nitrogens with one attached hydrogen (secondary N) is 2. The van der Waals surface area contributed by atoms with Crippen LogP contribution in [0.15, 0.2) is 64.8 Å². The number of amidine groups is 1. The first-order chi connectivity index (χ1) is 16.9. The lowest BCUT2D eigenvalue weighted by Gasteiger charge is -2.41. The number of allylic oxidation sites excluding steroid dienone is 1. The Morgan fingerprint density at radius 2 is 1.80 bits per heavy atom. The average Bonchev–Trinajstić information content (AvgIpc) is 2.84. The minimum Gasteiger partial charge on any atom is -0.340 e. The molecule has 0 aromatic heterocycles. The summed E-state index contributed by atoms with van der Waals surface area (Å²) in [5.74, 6) is 0.556. The van der Waals surface area contributed by atoms with Crippen molar-refractivity contribution < 1.29 is 14.0 Å². The van der Waals surface area contributed by atoms with Gasteiger partial charge in [0.15, 0.2) is 5.17 Å². The highest BCUT2D eigenvalue weighted by Crippen LogP contribution is 2.40. The highest BCUT2D eigenvalue weighted by molar-refractivity contribution is 8.13. The normalized spacial score (nSPS) is 17.4. The van der Waals surface area contributed by atoms with Gasteiger partial charge in [-0.3, -0.25) is 4.79 Å². The maximum absolute atomic E-state index is 13.6. The number of halogens is 1. The first kappa shape index (κ1) is 24.8. The van der Waals surface area contributed by atoms with Crippen molar-refractivity contribution in [2.75, 3.05) is 36.0 Å². The topological polar surface area (TPSA) is 77.0 Å². The van der Waals surface area contributed by atoms with Crippen LogP contribution in [-0.2, 0) is 4.79 Å². The molecule has 2 heterocycles. The van der Waals surface area contributed by atoms with E-state index in [0.717, 1.165) is 35.1 Å². The Labute approximate surface area is 209 Å². The smallest absolute Gasteiger partial charge is 0.323 e. The first-order valence-electron chi connectivity index (χ1n) is 11.8. The third kappa shape index (κ3) is 5.51. The van der Waals surface area contributed by atoms with E-state index < -0.39 is 11.8 Å². The van der Waals surface area contributed by atoms with Crippen LogP contribution >= 0.6 is 11.8 Å². The van der Waals surface area contributed by atoms with Crippen molar-refractivity contribution in [3.8, 4) is 0 Å². The monoisotopic (exact) mass is 495 g/mol. The number of fused-ring (bicyclic) bond motifs is 1. The van der Waals surface area contributed by atoms with Gasteiger partial charge in [0.25, 0.3) is 5.91 Å². The zero-order valence-electron chi connectivity index (χ0n) is 20.2. The molecule has 35 heavy (non-hydrogen) atoms. The zero-order valence-corrected chi connectivity index (χ0v) is 21.0. The first-order valence-corrected chi connectivity index (χ1v) is 12.8. The van der Waals surface area contributed by atoms with Crippen molar-refractivity contribution >= 4 is 40.2 Å². The van der Waals surface area contributed by atoms with E-state index >= 15 is 0 Å². The van der Waals surface area contributed by atoms with Gasteiger partial charge in [-0.1, -0.05) is 30.0 Å². The van der Waals surface area contributed by atoms with Gasteiger partial charge in [0.1, 0.15) is 5.82 Å². The largest absolute Gasteiger partial charge is 0.340 e. The maximum Gasteiger partial charge on any atom is 0.323 e. The summed E-state index contributed by atoms with van der Waals surface area (Å²) in [4.78, 5) is 34.9. The summed E-state index contributed by atoms with van der Waals surface area (Å²) in [5.41, 5.74) is 3.24. The number of carbonyl (C=O) groups excluding carboxylic acids is 2. The molecule has 1 atom stereocenters. The molecule has 1 fully saturated rings. The molecule has 2 N–H and O–H groups in total. The van der Waals surface area contributed by atoms with Gasteiger partial charge in [-0.05, 0) is 63.1 Å². The van der Waals surface area contributed by atoms with E-state index in [9.17, 15) is 14.0 Å². The van der Waals surface area contributed by atoms with Crippen molar-refractivity contribution in [1.82, 2.24) is 9.80 Å². The van der Waals surface area contributed by atoms with Crippen LogP contribution in [0.3, 0.4) is 0 Å². The van der Waals surface area contributed by atoms with E-state index in [2.05, 4.69) is 15.5 Å². The molecule has 1 saturated heterocycles. The molecule has 9 heteroatoms. The molecule has 4 rings (SSSR count). The molecule has 0 saturated carbocycles. The highest BCUT2D eigenvalue weighted by atomic mass is 32.2. The number of likely N-dealkylation sites (N-methyl/N-ethyl adjacent to an activating group) is 1. The van der Waals surface area contributed by atoms with Crippen LogP contribution in [0.4, 0.5) is 20.6 Å². The van der Waals surface area contributed by atoms with Gasteiger partial charge in [-0.25, -0.2) is 14.2 Å². The van der Waals surface area contributed by atoms with E-state index in [1.165, 1.54) is 18.2 Å². The quantitative estimate of drug-likeness (QED) is 0.558. The Bertz CT molecular complexity index is 1180. The zero-order chi connectivity index (χ0) is 24.9. The lowest BCUT2D eigenvalue weighted by Crippen LogP contribution is -2.45. The Balaban J connectivity index is 1.64. The second-order valence-electron chi connectivity index (χ2n) is 8.38. The van der Waals surface area contributed by atoms with E-state index in [-0.39, 0.29) is 11.9 Å². The number of aliphatic imine (C=N–C) groups is 1. The number of hydrogen-bond donors (Lipinski definition) is 2. The number of amides is 3. The van der Waals surface area contributed by atoms with Crippen LogP contribution in [0.25, 0.3) is 0 Å². The van der Waals surface area contributed by atoms with E-state index in [1.807, 2.05) is 43.9 Å². The Hall–Kier alpha value is -3.33. The summed E-state index contributed by atoms with van der Waals surface area (Å²) in [6.07, 6.45) is 1.000. The van der Waals surface area contributed by atoms with Gasteiger partial charge in [-0.2, -0.15) is 0 Å². The van der Waals surface area contributed by atoms with Gasteiger partial charge in [0.2, 0.25) is 0 Å². The summed E-state index contributed by atoms with van der Waals surface area (Å²) < 4.78 is 13.5. The van der Waals surface area contributed by atoms with Gasteiger partial charge in [0, 0.05) is 36.8 Å². The third-order valence-corrected chi connectivity index (χ3v) is 7.16.